The van der Waals surface area contributed by atoms with Gasteiger partial charge in [0.15, 0.2) is 10.4 Å². The summed E-state index contributed by atoms with van der Waals surface area (Å²) in [5.74, 6) is -1.16. The van der Waals surface area contributed by atoms with Gasteiger partial charge in [0, 0.05) is 10.6 Å². The lowest BCUT2D eigenvalue weighted by Gasteiger charge is -2.16. The molecule has 1 saturated heterocycles. The van der Waals surface area contributed by atoms with Crippen molar-refractivity contribution in [3.8, 4) is 11.5 Å². The molecule has 3 aromatic carbocycles. The van der Waals surface area contributed by atoms with Crippen LogP contribution in [0, 0.1) is 0 Å². The number of nitrogens with one attached hydrogen (secondary N) is 1. The normalized spacial score (nSPS) is 14.9. The lowest BCUT2D eigenvalue weighted by molar-refractivity contribution is -0.144. The molecule has 194 valence electrons. The number of ether oxygens (including phenoxy) is 2. The minimum Gasteiger partial charge on any atom is -0.489 e. The second-order valence-electron chi connectivity index (χ2n) is 8.07. The summed E-state index contributed by atoms with van der Waals surface area (Å²) in [4.78, 5) is 37.0. The van der Waals surface area contributed by atoms with Crippen molar-refractivity contribution in [1.29, 1.82) is 0 Å². The molecule has 38 heavy (non-hydrogen) atoms. The number of carbonyl (C=O) groups excluding carboxylic acids is 2. The van der Waals surface area contributed by atoms with Crippen LogP contribution < -0.4 is 14.9 Å². The molecule has 11 heteroatoms. The molecule has 0 saturated carbocycles. The predicted molar refractivity (Wildman–Crippen MR) is 149 cm³/mol. The monoisotopic (exact) mass is 568 g/mol. The zero-order valence-electron chi connectivity index (χ0n) is 19.9. The zero-order valence-corrected chi connectivity index (χ0v) is 22.3. The van der Waals surface area contributed by atoms with Crippen molar-refractivity contribution in [2.45, 2.75) is 19.6 Å². The summed E-state index contributed by atoms with van der Waals surface area (Å²) in [6.07, 6.45) is 0.569. The number of thioether (sulfide) groups is 1. The molecular weight excluding hydrogens is 548 g/mol. The maximum absolute atomic E-state index is 12.9. The molecule has 8 nitrogen and oxygen atoms in total. The van der Waals surface area contributed by atoms with Crippen LogP contribution in [0.15, 0.2) is 77.7 Å². The van der Waals surface area contributed by atoms with Crippen molar-refractivity contribution in [1.82, 2.24) is 10.4 Å². The van der Waals surface area contributed by atoms with E-state index in [1.54, 1.807) is 66.7 Å². The van der Waals surface area contributed by atoms with Crippen LogP contribution in [0.1, 0.15) is 28.4 Å². The van der Waals surface area contributed by atoms with Crippen LogP contribution in [0.4, 0.5) is 0 Å². The van der Waals surface area contributed by atoms with Gasteiger partial charge in [-0.05, 0) is 84.9 Å². The lowest BCUT2D eigenvalue weighted by Crippen LogP contribution is -2.44. The molecule has 2 amide bonds. The van der Waals surface area contributed by atoms with Crippen LogP contribution in [0.25, 0.3) is 6.08 Å². The number of thiocarbonyl (C=S) groups is 1. The van der Waals surface area contributed by atoms with E-state index in [-0.39, 0.29) is 4.32 Å². The maximum atomic E-state index is 12.9. The molecule has 1 heterocycles. The topological polar surface area (TPSA) is 105 Å². The quantitative estimate of drug-likeness (QED) is 0.264. The van der Waals surface area contributed by atoms with E-state index < -0.39 is 23.9 Å². The van der Waals surface area contributed by atoms with Crippen molar-refractivity contribution in [3.05, 3.63) is 99.4 Å². The van der Waals surface area contributed by atoms with Gasteiger partial charge in [-0.25, -0.2) is 4.79 Å². The van der Waals surface area contributed by atoms with Gasteiger partial charge < -0.3 is 14.6 Å². The summed E-state index contributed by atoms with van der Waals surface area (Å²) in [6.45, 7) is 1.77. The Labute approximate surface area is 233 Å². The Hall–Kier alpha value is -3.86. The number of hydrogen-bond donors (Lipinski definition) is 2. The number of hydrogen-bond acceptors (Lipinski definition) is 7. The minimum atomic E-state index is -1.09. The fourth-order valence-corrected chi connectivity index (χ4v) is 4.57. The van der Waals surface area contributed by atoms with Crippen molar-refractivity contribution in [2.24, 2.45) is 0 Å². The molecule has 4 rings (SSSR count). The van der Waals surface area contributed by atoms with E-state index in [4.69, 9.17) is 38.4 Å². The van der Waals surface area contributed by atoms with Crippen molar-refractivity contribution in [3.63, 3.8) is 0 Å². The molecule has 0 aliphatic carbocycles. The highest BCUT2D eigenvalue weighted by molar-refractivity contribution is 8.26. The highest BCUT2D eigenvalue weighted by Gasteiger charge is 2.33. The van der Waals surface area contributed by atoms with Gasteiger partial charge in [0.25, 0.3) is 11.8 Å². The Kier molecular flexibility index (Phi) is 8.67. The zero-order chi connectivity index (χ0) is 27.2. The average Bonchev–Trinajstić information content (AvgIpc) is 3.16. The van der Waals surface area contributed by atoms with Crippen LogP contribution in [0.3, 0.4) is 0 Å². The number of halogens is 1. The first-order valence-electron chi connectivity index (χ1n) is 11.3. The number of amides is 2. The van der Waals surface area contributed by atoms with Gasteiger partial charge in [-0.15, -0.1) is 0 Å². The maximum Gasteiger partial charge on any atom is 0.344 e. The Balaban J connectivity index is 1.37. The fraction of sp³-hybridized carbons (Fsp3) is 0.111. The molecule has 0 bridgehead atoms. The Morgan fingerprint density at radius 3 is 2.50 bits per heavy atom. The number of aliphatic carboxylic acids is 1. The molecule has 0 radical (unpaired) electrons. The smallest absolute Gasteiger partial charge is 0.344 e. The van der Waals surface area contributed by atoms with Gasteiger partial charge in [-0.2, -0.15) is 5.01 Å². The van der Waals surface area contributed by atoms with E-state index >= 15 is 0 Å². The molecule has 0 aromatic heterocycles. The number of carbonyl (C=O) groups is 3. The number of benzene rings is 3. The van der Waals surface area contributed by atoms with Crippen molar-refractivity contribution < 1.29 is 29.0 Å². The minimum absolute atomic E-state index is 0.171. The molecule has 1 atom stereocenters. The van der Waals surface area contributed by atoms with E-state index in [1.807, 2.05) is 12.1 Å². The summed E-state index contributed by atoms with van der Waals surface area (Å²) in [7, 11) is 0. The molecule has 3 aromatic rings. The fourth-order valence-electron chi connectivity index (χ4n) is 3.26. The van der Waals surface area contributed by atoms with E-state index in [1.165, 1.54) is 6.92 Å². The van der Waals surface area contributed by atoms with Crippen LogP contribution in [0.5, 0.6) is 11.5 Å². The first-order valence-corrected chi connectivity index (χ1v) is 12.9. The second-order valence-corrected chi connectivity index (χ2v) is 10.2. The first kappa shape index (κ1) is 27.2. The van der Waals surface area contributed by atoms with E-state index in [0.29, 0.717) is 39.2 Å². The highest BCUT2D eigenvalue weighted by Crippen LogP contribution is 2.32. The third-order valence-electron chi connectivity index (χ3n) is 5.26. The average molecular weight is 569 g/mol. The predicted octanol–water partition coefficient (Wildman–Crippen LogP) is 5.32. The van der Waals surface area contributed by atoms with Crippen LogP contribution >= 0.6 is 35.6 Å². The molecule has 0 spiro atoms. The summed E-state index contributed by atoms with van der Waals surface area (Å²) < 4.78 is 11.3. The van der Waals surface area contributed by atoms with Crippen molar-refractivity contribution in [2.75, 3.05) is 0 Å². The standard InChI is InChI=1S/C27H21ClN2O6S2/c1-16(26(33)34)36-22-4-2-3-18(13-22)14-23-25(32)30(27(37)38-23)29-24(31)19-7-11-21(12-8-19)35-15-17-5-9-20(28)10-6-17/h2-14,16H,15H2,1H3,(H,29,31)(H,33,34)/b23-14+. The third-order valence-corrected chi connectivity index (χ3v) is 6.81. The van der Waals surface area contributed by atoms with Crippen LogP contribution in [-0.2, 0) is 16.2 Å². The number of carboxylic acids is 1. The molecule has 1 aliphatic heterocycles. The largest absolute Gasteiger partial charge is 0.489 e. The Bertz CT molecular complexity index is 1410. The number of hydrazine groups is 1. The van der Waals surface area contributed by atoms with Gasteiger partial charge in [0.05, 0.1) is 4.91 Å². The van der Waals surface area contributed by atoms with Gasteiger partial charge in [-0.3, -0.25) is 15.0 Å². The van der Waals surface area contributed by atoms with Gasteiger partial charge in [0.2, 0.25) is 0 Å². The SMILES string of the molecule is CC(Oc1cccc(/C=C2/SC(=S)N(NC(=O)c3ccc(OCc4ccc(Cl)cc4)cc3)C2=O)c1)C(=O)O. The molecule has 1 unspecified atom stereocenters. The molecule has 1 aliphatic rings. The van der Waals surface area contributed by atoms with E-state index in [0.717, 1.165) is 22.3 Å². The molecular formula is C27H21ClN2O6S2. The highest BCUT2D eigenvalue weighted by atomic mass is 35.5. The second kappa shape index (κ2) is 12.1. The molecule has 1 fully saturated rings. The van der Waals surface area contributed by atoms with Crippen LogP contribution in [-0.4, -0.2) is 38.3 Å². The van der Waals surface area contributed by atoms with E-state index in [9.17, 15) is 14.4 Å². The van der Waals surface area contributed by atoms with Gasteiger partial charge in [-0.1, -0.05) is 47.6 Å². The van der Waals surface area contributed by atoms with Gasteiger partial charge >= 0.3 is 5.97 Å². The number of rotatable bonds is 9. The van der Waals surface area contributed by atoms with Crippen molar-refractivity contribution >= 4 is 63.8 Å². The lowest BCUT2D eigenvalue weighted by atomic mass is 10.2. The summed E-state index contributed by atoms with van der Waals surface area (Å²) in [5, 5.41) is 10.7. The van der Waals surface area contributed by atoms with E-state index in [2.05, 4.69) is 5.43 Å². The number of carboxylic acid groups (broad SMARTS) is 1. The Morgan fingerprint density at radius 1 is 1.11 bits per heavy atom. The summed E-state index contributed by atoms with van der Waals surface area (Å²) in [5.41, 5.74) is 4.42. The van der Waals surface area contributed by atoms with Gasteiger partial charge in [0.1, 0.15) is 18.1 Å². The summed E-state index contributed by atoms with van der Waals surface area (Å²) in [6, 6.07) is 20.4. The third kappa shape index (κ3) is 6.91. The number of nitrogens with zero attached hydrogens (tertiary/aromatic N) is 1. The first-order chi connectivity index (χ1) is 18.2. The summed E-state index contributed by atoms with van der Waals surface area (Å²) >= 11 is 12.2. The molecule has 2 N–H and O–H groups in total. The Morgan fingerprint density at radius 2 is 1.82 bits per heavy atom. The van der Waals surface area contributed by atoms with Crippen LogP contribution in [0.2, 0.25) is 5.02 Å².